The van der Waals surface area contributed by atoms with E-state index in [4.69, 9.17) is 5.73 Å². The largest absolute Gasteiger partial charge is 0.375 e. The Morgan fingerprint density at radius 3 is 2.71 bits per heavy atom. The molecule has 1 aromatic rings. The number of carbonyl (C=O) groups is 1. The number of hydrazone groups is 1. The summed E-state index contributed by atoms with van der Waals surface area (Å²) < 4.78 is 0. The number of rotatable bonds is 3. The third kappa shape index (κ3) is 4.00. The summed E-state index contributed by atoms with van der Waals surface area (Å²) in [5.74, 6) is -0.318. The quantitative estimate of drug-likeness (QED) is 0.327. The van der Waals surface area contributed by atoms with E-state index >= 15 is 0 Å². The van der Waals surface area contributed by atoms with Crippen molar-refractivity contribution in [3.05, 3.63) is 44.8 Å². The third-order valence-electron chi connectivity index (χ3n) is 2.32. The van der Waals surface area contributed by atoms with Crippen LogP contribution in [0.2, 0.25) is 0 Å². The second-order valence-electron chi connectivity index (χ2n) is 3.81. The average molecular weight is 323 g/mol. The van der Waals surface area contributed by atoms with Gasteiger partial charge in [0.1, 0.15) is 0 Å². The Bertz CT molecular complexity index is 669. The average Bonchev–Trinajstić information content (AvgIpc) is 2.78. The molecule has 1 amide bonds. The molecule has 0 radical (unpaired) electrons. The van der Waals surface area contributed by atoms with Crippen LogP contribution in [0.25, 0.3) is 6.08 Å². The highest BCUT2D eigenvalue weighted by atomic mass is 32.2. The molecule has 108 valence electrons. The highest BCUT2D eigenvalue weighted by molar-refractivity contribution is 8.18. The van der Waals surface area contributed by atoms with Gasteiger partial charge in [-0.25, -0.2) is 0 Å². The number of thioether (sulfide) groups is 1. The highest BCUT2D eigenvalue weighted by Crippen LogP contribution is 2.26. The van der Waals surface area contributed by atoms with E-state index in [2.05, 4.69) is 28.1 Å². The number of carbonyl (C=O) groups excluding carboxylic acids is 1. The molecule has 8 nitrogen and oxygen atoms in total. The molecule has 0 spiro atoms. The Kier molecular flexibility index (Phi) is 4.50. The Hall–Kier alpha value is -2.46. The number of nitrogens with two attached hydrogens (primary N) is 1. The topological polar surface area (TPSA) is 123 Å². The van der Waals surface area contributed by atoms with Crippen molar-refractivity contribution in [2.75, 3.05) is 0 Å². The number of hydrogen-bond acceptors (Lipinski definition) is 6. The number of nitrogens with one attached hydrogen (secondary N) is 2. The molecule has 10 heteroatoms. The van der Waals surface area contributed by atoms with Crippen LogP contribution in [-0.4, -0.2) is 21.1 Å². The maximum atomic E-state index is 11.7. The molecule has 2 rings (SSSR count). The normalized spacial score (nSPS) is 17.8. The summed E-state index contributed by atoms with van der Waals surface area (Å²) in [5.41, 5.74) is 8.25. The van der Waals surface area contributed by atoms with Gasteiger partial charge in [-0.05, 0) is 47.8 Å². The number of amidine groups is 1. The van der Waals surface area contributed by atoms with Gasteiger partial charge in [0, 0.05) is 12.1 Å². The van der Waals surface area contributed by atoms with Crippen molar-refractivity contribution in [3.8, 4) is 0 Å². The fourth-order valence-electron chi connectivity index (χ4n) is 1.43. The second-order valence-corrected chi connectivity index (χ2v) is 5.28. The lowest BCUT2D eigenvalue weighted by Gasteiger charge is -1.96. The maximum Gasteiger partial charge on any atom is 0.269 e. The molecule has 0 bridgehead atoms. The highest BCUT2D eigenvalue weighted by Gasteiger charge is 2.23. The van der Waals surface area contributed by atoms with E-state index in [1.165, 1.54) is 12.1 Å². The van der Waals surface area contributed by atoms with E-state index in [-0.39, 0.29) is 16.7 Å². The Balaban J connectivity index is 2.14. The number of hydrogen-bond donors (Lipinski definition) is 3. The summed E-state index contributed by atoms with van der Waals surface area (Å²) in [5, 5.41) is 17.2. The lowest BCUT2D eigenvalue weighted by atomic mass is 10.2. The second kappa shape index (κ2) is 6.33. The summed E-state index contributed by atoms with van der Waals surface area (Å²) in [6.07, 6.45) is 1.60. The van der Waals surface area contributed by atoms with E-state index in [0.717, 1.165) is 11.8 Å². The zero-order valence-electron chi connectivity index (χ0n) is 10.4. The molecular formula is C11H9N5O3S2. The molecule has 1 heterocycles. The van der Waals surface area contributed by atoms with Gasteiger partial charge in [0.2, 0.25) is 0 Å². The van der Waals surface area contributed by atoms with Crippen LogP contribution in [0.5, 0.6) is 0 Å². The molecule has 1 aliphatic rings. The van der Waals surface area contributed by atoms with E-state index < -0.39 is 4.92 Å². The molecule has 1 fully saturated rings. The lowest BCUT2D eigenvalue weighted by Crippen LogP contribution is -2.28. The molecule has 0 aliphatic carbocycles. The summed E-state index contributed by atoms with van der Waals surface area (Å²) in [6.45, 7) is 0. The number of amides is 1. The van der Waals surface area contributed by atoms with E-state index in [1.54, 1.807) is 18.2 Å². The van der Waals surface area contributed by atoms with Crippen LogP contribution in [0, 0.1) is 10.1 Å². The monoisotopic (exact) mass is 323 g/mol. The van der Waals surface area contributed by atoms with Gasteiger partial charge >= 0.3 is 0 Å². The maximum absolute atomic E-state index is 11.7. The minimum Gasteiger partial charge on any atom is -0.375 e. The van der Waals surface area contributed by atoms with Crippen LogP contribution >= 0.6 is 24.0 Å². The molecule has 0 aromatic heterocycles. The molecule has 1 aliphatic heterocycles. The van der Waals surface area contributed by atoms with Gasteiger partial charge in [0.25, 0.3) is 11.6 Å². The first-order chi connectivity index (χ1) is 9.95. The molecule has 4 N–H and O–H groups in total. The van der Waals surface area contributed by atoms with Crippen molar-refractivity contribution >= 4 is 51.9 Å². The molecule has 1 saturated heterocycles. The van der Waals surface area contributed by atoms with Crippen LogP contribution < -0.4 is 16.5 Å². The molecule has 0 atom stereocenters. The predicted octanol–water partition coefficient (Wildman–Crippen LogP) is 0.903. The number of nitro groups is 1. The number of thiocarbonyl (C=S) groups is 1. The van der Waals surface area contributed by atoms with Crippen molar-refractivity contribution in [2.45, 2.75) is 0 Å². The number of benzene rings is 1. The summed E-state index contributed by atoms with van der Waals surface area (Å²) in [4.78, 5) is 22.2. The van der Waals surface area contributed by atoms with Gasteiger partial charge in [0.15, 0.2) is 10.3 Å². The summed E-state index contributed by atoms with van der Waals surface area (Å²) in [6, 6.07) is 5.85. The molecule has 1 aromatic carbocycles. The molecule has 0 unspecified atom stereocenters. The Morgan fingerprint density at radius 1 is 1.48 bits per heavy atom. The van der Waals surface area contributed by atoms with Gasteiger partial charge in [0.05, 0.1) is 9.83 Å². The first-order valence-corrected chi connectivity index (χ1v) is 6.76. The fourth-order valence-corrected chi connectivity index (χ4v) is 2.26. The number of non-ortho nitro benzene ring substituents is 1. The first-order valence-electron chi connectivity index (χ1n) is 5.54. The molecular weight excluding hydrogens is 314 g/mol. The van der Waals surface area contributed by atoms with Crippen molar-refractivity contribution in [1.82, 2.24) is 10.7 Å². The SMILES string of the molecule is NC(=S)N/N=C1\NC(=O)/C(=C\c2ccc([N+](=O)[O-])cc2)S1. The van der Waals surface area contributed by atoms with Gasteiger partial charge in [-0.1, -0.05) is 0 Å². The zero-order chi connectivity index (χ0) is 15.4. The van der Waals surface area contributed by atoms with Crippen LogP contribution in [0.1, 0.15) is 5.56 Å². The third-order valence-corrected chi connectivity index (χ3v) is 3.32. The van der Waals surface area contributed by atoms with E-state index in [9.17, 15) is 14.9 Å². The summed E-state index contributed by atoms with van der Waals surface area (Å²) >= 11 is 5.70. The Morgan fingerprint density at radius 2 is 2.14 bits per heavy atom. The number of nitrogens with zero attached hydrogens (tertiary/aromatic N) is 2. The number of nitro benzene ring substituents is 1. The predicted molar refractivity (Wildman–Crippen MR) is 84.2 cm³/mol. The van der Waals surface area contributed by atoms with E-state index in [1.807, 2.05) is 0 Å². The van der Waals surface area contributed by atoms with Crippen molar-refractivity contribution in [1.29, 1.82) is 0 Å². The molecule has 21 heavy (non-hydrogen) atoms. The minimum atomic E-state index is -0.486. The van der Waals surface area contributed by atoms with Crippen molar-refractivity contribution in [2.24, 2.45) is 10.8 Å². The van der Waals surface area contributed by atoms with Crippen LogP contribution in [0.3, 0.4) is 0 Å². The van der Waals surface area contributed by atoms with Crippen molar-refractivity contribution in [3.63, 3.8) is 0 Å². The van der Waals surface area contributed by atoms with Crippen LogP contribution in [0.15, 0.2) is 34.3 Å². The summed E-state index contributed by atoms with van der Waals surface area (Å²) in [7, 11) is 0. The lowest BCUT2D eigenvalue weighted by molar-refractivity contribution is -0.384. The van der Waals surface area contributed by atoms with Gasteiger partial charge in [-0.3, -0.25) is 25.7 Å². The van der Waals surface area contributed by atoms with Crippen LogP contribution in [0.4, 0.5) is 5.69 Å². The Labute approximate surface area is 128 Å². The van der Waals surface area contributed by atoms with Crippen molar-refractivity contribution < 1.29 is 9.72 Å². The zero-order valence-corrected chi connectivity index (χ0v) is 12.0. The van der Waals surface area contributed by atoms with Gasteiger partial charge < -0.3 is 5.73 Å². The van der Waals surface area contributed by atoms with Crippen LogP contribution in [-0.2, 0) is 4.79 Å². The smallest absolute Gasteiger partial charge is 0.269 e. The molecule has 0 saturated carbocycles. The minimum absolute atomic E-state index is 0.00912. The van der Waals surface area contributed by atoms with E-state index in [0.29, 0.717) is 15.6 Å². The van der Waals surface area contributed by atoms with Gasteiger partial charge in [-0.15, -0.1) is 5.10 Å². The standard InChI is InChI=1S/C11H9N5O3S2/c12-10(20)14-15-11-13-9(17)8(21-11)5-6-1-3-7(4-2-6)16(18)19/h1-5H,(H3,12,14,20)(H,13,15,17)/b8-5+. The van der Waals surface area contributed by atoms with Gasteiger partial charge in [-0.2, -0.15) is 0 Å². The first kappa shape index (κ1) is 14.9. The fraction of sp³-hybridized carbons (Fsp3) is 0.